The molecule has 230 valence electrons. The number of hydrogen-bond donors (Lipinski definition) is 3. The number of benzene rings is 3. The van der Waals surface area contributed by atoms with Gasteiger partial charge in [0.25, 0.3) is 0 Å². The smallest absolute Gasteiger partial charge is 0.303 e. The monoisotopic (exact) mass is 617 g/mol. The van der Waals surface area contributed by atoms with Crippen LogP contribution >= 0.6 is 11.8 Å². The van der Waals surface area contributed by atoms with Crippen molar-refractivity contribution in [3.05, 3.63) is 95.1 Å². The van der Waals surface area contributed by atoms with Gasteiger partial charge in [0.2, 0.25) is 11.1 Å². The van der Waals surface area contributed by atoms with Gasteiger partial charge in [-0.05, 0) is 56.8 Å². The summed E-state index contributed by atoms with van der Waals surface area (Å²) in [5.74, 6) is -0.435. The van der Waals surface area contributed by atoms with Crippen LogP contribution in [0.2, 0.25) is 0 Å². The molecule has 4 aromatic rings. The molecule has 0 aliphatic carbocycles. The molecule has 3 atom stereocenters. The fourth-order valence-corrected chi connectivity index (χ4v) is 5.82. The predicted molar refractivity (Wildman–Crippen MR) is 163 cm³/mol. The second-order valence-electron chi connectivity index (χ2n) is 10.6. The number of aromatic nitrogens is 4. The molecule has 1 saturated heterocycles. The third-order valence-corrected chi connectivity index (χ3v) is 8.44. The first-order chi connectivity index (χ1) is 21.4. The number of carboxylic acids is 1. The van der Waals surface area contributed by atoms with Crippen molar-refractivity contribution in [3.63, 3.8) is 0 Å². The Kier molecular flexibility index (Phi) is 10.7. The summed E-state index contributed by atoms with van der Waals surface area (Å²) in [6.07, 6.45) is 0.157. The Balaban J connectivity index is 1.31. The van der Waals surface area contributed by atoms with Crippen molar-refractivity contribution in [2.75, 3.05) is 5.75 Å². The molecule has 3 aromatic carbocycles. The van der Waals surface area contributed by atoms with Gasteiger partial charge in [-0.2, -0.15) is 0 Å². The number of thioether (sulfide) groups is 1. The zero-order valence-electron chi connectivity index (χ0n) is 24.3. The SMILES string of the molecule is Cn1nnnc1SC[C@H]1C[C@@H](c2ccc(CO)cc2)O[C@@H](c2cccc(-c3cccc(CNC(=O)CCCC(=O)O)c3)c2)O1. The van der Waals surface area contributed by atoms with Gasteiger partial charge in [-0.1, -0.05) is 72.4 Å². The van der Waals surface area contributed by atoms with Crippen LogP contribution < -0.4 is 5.32 Å². The highest BCUT2D eigenvalue weighted by Crippen LogP contribution is 2.40. The van der Waals surface area contributed by atoms with Crippen LogP contribution in [0.25, 0.3) is 11.1 Å². The number of aliphatic hydroxyl groups is 1. The van der Waals surface area contributed by atoms with Crippen LogP contribution in [0.4, 0.5) is 0 Å². The normalized spacial score (nSPS) is 18.2. The molecule has 1 amide bonds. The summed E-state index contributed by atoms with van der Waals surface area (Å²) in [6.45, 7) is 0.334. The number of hydrogen-bond acceptors (Lipinski definition) is 9. The predicted octanol–water partition coefficient (Wildman–Crippen LogP) is 4.58. The van der Waals surface area contributed by atoms with E-state index in [4.69, 9.17) is 14.6 Å². The molecule has 1 fully saturated rings. The van der Waals surface area contributed by atoms with E-state index in [1.807, 2.05) is 66.7 Å². The molecule has 0 radical (unpaired) electrons. The number of carbonyl (C=O) groups is 2. The van der Waals surface area contributed by atoms with Crippen molar-refractivity contribution < 1.29 is 29.3 Å². The maximum absolute atomic E-state index is 12.1. The molecule has 0 bridgehead atoms. The van der Waals surface area contributed by atoms with Gasteiger partial charge in [0.15, 0.2) is 6.29 Å². The molecule has 1 aliphatic rings. The van der Waals surface area contributed by atoms with Gasteiger partial charge in [0, 0.05) is 44.2 Å². The minimum absolute atomic E-state index is 0.0182. The molecule has 0 unspecified atom stereocenters. The summed E-state index contributed by atoms with van der Waals surface area (Å²) < 4.78 is 14.6. The Labute approximate surface area is 259 Å². The van der Waals surface area contributed by atoms with E-state index in [2.05, 4.69) is 26.9 Å². The molecular weight excluding hydrogens is 582 g/mol. The zero-order chi connectivity index (χ0) is 30.9. The second kappa shape index (κ2) is 15.1. The third kappa shape index (κ3) is 8.50. The summed E-state index contributed by atoms with van der Waals surface area (Å²) in [5, 5.41) is 33.6. The lowest BCUT2D eigenvalue weighted by molar-refractivity contribution is -0.245. The number of rotatable bonds is 13. The summed E-state index contributed by atoms with van der Waals surface area (Å²) in [4.78, 5) is 22.8. The lowest BCUT2D eigenvalue weighted by atomic mass is 9.99. The Hall–Kier alpha value is -4.10. The number of aryl methyl sites for hydroxylation is 1. The van der Waals surface area contributed by atoms with E-state index in [0.717, 1.165) is 33.4 Å². The number of tetrazole rings is 1. The quantitative estimate of drug-likeness (QED) is 0.182. The molecule has 5 rings (SSSR count). The molecule has 44 heavy (non-hydrogen) atoms. The first-order valence-corrected chi connectivity index (χ1v) is 15.4. The van der Waals surface area contributed by atoms with Gasteiger partial charge >= 0.3 is 5.97 Å². The van der Waals surface area contributed by atoms with Gasteiger partial charge in [0.1, 0.15) is 0 Å². The average Bonchev–Trinajstić information content (AvgIpc) is 3.47. The van der Waals surface area contributed by atoms with E-state index in [9.17, 15) is 14.7 Å². The summed E-state index contributed by atoms with van der Waals surface area (Å²) >= 11 is 1.53. The molecule has 3 N–H and O–H groups in total. The van der Waals surface area contributed by atoms with Crippen molar-refractivity contribution in [2.24, 2.45) is 7.05 Å². The minimum atomic E-state index is -0.905. The fourth-order valence-electron chi connectivity index (χ4n) is 4.95. The topological polar surface area (TPSA) is 149 Å². The van der Waals surface area contributed by atoms with Crippen molar-refractivity contribution in [3.8, 4) is 11.1 Å². The summed E-state index contributed by atoms with van der Waals surface area (Å²) in [6, 6.07) is 23.8. The van der Waals surface area contributed by atoms with Crippen molar-refractivity contribution in [1.29, 1.82) is 0 Å². The lowest BCUT2D eigenvalue weighted by Crippen LogP contribution is -2.31. The van der Waals surface area contributed by atoms with Crippen LogP contribution in [0.3, 0.4) is 0 Å². The van der Waals surface area contributed by atoms with Gasteiger partial charge in [0.05, 0.1) is 18.8 Å². The molecule has 0 saturated carbocycles. The van der Waals surface area contributed by atoms with Gasteiger partial charge in [-0.3, -0.25) is 9.59 Å². The highest BCUT2D eigenvalue weighted by molar-refractivity contribution is 7.99. The number of aliphatic carboxylic acids is 1. The molecule has 11 nitrogen and oxygen atoms in total. The molecule has 2 heterocycles. The molecule has 1 aliphatic heterocycles. The Morgan fingerprint density at radius 2 is 1.75 bits per heavy atom. The van der Waals surface area contributed by atoms with Crippen LogP contribution in [0.5, 0.6) is 0 Å². The number of carbonyl (C=O) groups excluding carboxylic acids is 1. The Morgan fingerprint density at radius 1 is 0.977 bits per heavy atom. The van der Waals surface area contributed by atoms with Gasteiger partial charge < -0.3 is 25.0 Å². The number of amides is 1. The minimum Gasteiger partial charge on any atom is -0.481 e. The number of nitrogens with zero attached hydrogens (tertiary/aromatic N) is 4. The summed E-state index contributed by atoms with van der Waals surface area (Å²) in [7, 11) is 1.80. The van der Waals surface area contributed by atoms with Crippen molar-refractivity contribution >= 4 is 23.6 Å². The van der Waals surface area contributed by atoms with Crippen LogP contribution in [0.15, 0.2) is 78.0 Å². The molecule has 1 aromatic heterocycles. The van der Waals surface area contributed by atoms with E-state index in [-0.39, 0.29) is 37.6 Å². The van der Waals surface area contributed by atoms with Crippen molar-refractivity contribution in [2.45, 2.75) is 62.5 Å². The number of nitrogens with one attached hydrogen (secondary N) is 1. The van der Waals surface area contributed by atoms with Crippen LogP contribution in [0.1, 0.15) is 60.3 Å². The Bertz CT molecular complexity index is 1560. The maximum Gasteiger partial charge on any atom is 0.303 e. The third-order valence-electron chi connectivity index (χ3n) is 7.30. The Morgan fingerprint density at radius 3 is 2.48 bits per heavy atom. The lowest BCUT2D eigenvalue weighted by Gasteiger charge is -2.36. The maximum atomic E-state index is 12.1. The molecule has 12 heteroatoms. The number of ether oxygens (including phenoxy) is 2. The fraction of sp³-hybridized carbons (Fsp3) is 0.344. The number of carboxylic acid groups (broad SMARTS) is 1. The average molecular weight is 618 g/mol. The highest BCUT2D eigenvalue weighted by Gasteiger charge is 2.32. The first-order valence-electron chi connectivity index (χ1n) is 14.4. The second-order valence-corrected chi connectivity index (χ2v) is 11.6. The van der Waals surface area contributed by atoms with E-state index >= 15 is 0 Å². The van der Waals surface area contributed by atoms with Gasteiger partial charge in [-0.15, -0.1) is 5.10 Å². The highest BCUT2D eigenvalue weighted by atomic mass is 32.2. The van der Waals surface area contributed by atoms with Crippen molar-refractivity contribution in [1.82, 2.24) is 25.5 Å². The zero-order valence-corrected chi connectivity index (χ0v) is 25.2. The van der Waals surface area contributed by atoms with E-state index in [1.54, 1.807) is 11.7 Å². The number of aliphatic hydroxyl groups excluding tert-OH is 1. The van der Waals surface area contributed by atoms with Gasteiger partial charge in [-0.25, -0.2) is 4.68 Å². The van der Waals surface area contributed by atoms with E-state index in [0.29, 0.717) is 30.3 Å². The molecular formula is C32H35N5O6S. The first kappa shape index (κ1) is 31.3. The standard InChI is InChI=1S/C32H35N5O6S/c1-37-32(34-35-36-37)44-20-27-17-28(23-13-11-21(19-38)12-14-23)43-31(42-27)26-8-3-7-25(16-26)24-6-2-5-22(15-24)18-33-29(39)9-4-10-30(40)41/h2-3,5-8,11-16,27-28,31,38H,4,9-10,17-20H2,1H3,(H,33,39)(H,40,41)/t27-,28+,31+/m1/s1. The van der Waals surface area contributed by atoms with E-state index in [1.165, 1.54) is 11.8 Å². The summed E-state index contributed by atoms with van der Waals surface area (Å²) in [5.41, 5.74) is 5.64. The van der Waals surface area contributed by atoms with E-state index < -0.39 is 12.3 Å². The molecule has 0 spiro atoms. The van der Waals surface area contributed by atoms with Crippen LogP contribution in [-0.2, 0) is 39.3 Å². The largest absolute Gasteiger partial charge is 0.481 e. The van der Waals surface area contributed by atoms with Crippen LogP contribution in [0, 0.1) is 0 Å². The van der Waals surface area contributed by atoms with Crippen LogP contribution in [-0.4, -0.2) is 54.2 Å².